The van der Waals surface area contributed by atoms with Crippen molar-refractivity contribution in [3.63, 3.8) is 0 Å². The molecule has 0 spiro atoms. The van der Waals surface area contributed by atoms with Crippen molar-refractivity contribution in [1.82, 2.24) is 9.97 Å². The lowest BCUT2D eigenvalue weighted by molar-refractivity contribution is -0.137. The van der Waals surface area contributed by atoms with Gasteiger partial charge in [0.15, 0.2) is 0 Å². The minimum atomic E-state index is -0.809. The van der Waals surface area contributed by atoms with Crippen LogP contribution in [0.25, 0.3) is 0 Å². The summed E-state index contributed by atoms with van der Waals surface area (Å²) in [6.07, 6.45) is 3.15. The number of hydrogen-bond donors (Lipinski definition) is 2. The number of hydrogen-bond acceptors (Lipinski definition) is 6. The number of nitrogens with one attached hydrogen (secondary N) is 1. The fourth-order valence-corrected chi connectivity index (χ4v) is 3.67. The van der Waals surface area contributed by atoms with Gasteiger partial charge in [0.05, 0.1) is 18.0 Å². The van der Waals surface area contributed by atoms with Crippen molar-refractivity contribution in [1.29, 1.82) is 0 Å². The van der Waals surface area contributed by atoms with Crippen molar-refractivity contribution in [2.75, 3.05) is 19.0 Å². The molecule has 0 fully saturated rings. The van der Waals surface area contributed by atoms with E-state index < -0.39 is 5.97 Å². The molecule has 0 amide bonds. The molecule has 0 aliphatic rings. The third-order valence-electron chi connectivity index (χ3n) is 4.32. The first kappa shape index (κ1) is 19.8. The normalized spacial score (nSPS) is 11.8. The lowest BCUT2D eigenvalue weighted by Crippen LogP contribution is -2.09. The Morgan fingerprint density at radius 2 is 2.07 bits per heavy atom. The van der Waals surface area contributed by atoms with Gasteiger partial charge in [-0.25, -0.2) is 9.97 Å². The minimum absolute atomic E-state index is 0.0739. The highest BCUT2D eigenvalue weighted by Gasteiger charge is 2.18. The van der Waals surface area contributed by atoms with E-state index in [0.29, 0.717) is 13.0 Å². The zero-order valence-corrected chi connectivity index (χ0v) is 16.5. The first-order chi connectivity index (χ1) is 13.6. The highest BCUT2D eigenvalue weighted by Crippen LogP contribution is 2.27. The molecular formula is C21H23N3O3S. The van der Waals surface area contributed by atoms with Gasteiger partial charge in [-0.3, -0.25) is 4.79 Å². The van der Waals surface area contributed by atoms with Crippen LogP contribution in [0.2, 0.25) is 0 Å². The van der Waals surface area contributed by atoms with E-state index in [0.717, 1.165) is 34.3 Å². The van der Waals surface area contributed by atoms with E-state index in [1.54, 1.807) is 6.20 Å². The minimum Gasteiger partial charge on any atom is -0.493 e. The van der Waals surface area contributed by atoms with E-state index in [2.05, 4.69) is 15.3 Å². The zero-order chi connectivity index (χ0) is 19.8. The topological polar surface area (TPSA) is 84.3 Å². The molecule has 0 aliphatic carbocycles. The number of carboxylic acids is 1. The molecule has 1 aromatic carbocycles. The molecule has 0 aliphatic heterocycles. The molecule has 28 heavy (non-hydrogen) atoms. The van der Waals surface area contributed by atoms with Crippen LogP contribution in [0.1, 0.15) is 28.6 Å². The number of aliphatic carboxylic acids is 1. The maximum Gasteiger partial charge on any atom is 0.304 e. The molecule has 6 nitrogen and oxygen atoms in total. The van der Waals surface area contributed by atoms with Crippen LogP contribution in [0.3, 0.4) is 0 Å². The maximum atomic E-state index is 11.2. The van der Waals surface area contributed by atoms with E-state index in [-0.39, 0.29) is 12.3 Å². The van der Waals surface area contributed by atoms with Crippen molar-refractivity contribution < 1.29 is 14.6 Å². The predicted octanol–water partition coefficient (Wildman–Crippen LogP) is 4.00. The van der Waals surface area contributed by atoms with Gasteiger partial charge in [-0.2, -0.15) is 0 Å². The molecule has 0 unspecified atom stereocenters. The molecule has 2 N–H and O–H groups in total. The Hall–Kier alpha value is -2.93. The second kappa shape index (κ2) is 9.85. The van der Waals surface area contributed by atoms with Crippen molar-refractivity contribution in [3.8, 4) is 5.75 Å². The standard InChI is InChI=1S/C21H23N3O3S/c1-22-19-4-2-3-17(24-19)9-11-27-18-7-5-15(6-8-18)13-16(14-20(25)26)21-23-10-12-28-21/h2-8,10,12,16H,9,11,13-14H2,1H3,(H,22,24)(H,25,26)/t16-/m1/s1. The summed E-state index contributed by atoms with van der Waals surface area (Å²) < 4.78 is 5.82. The average molecular weight is 398 g/mol. The van der Waals surface area contributed by atoms with E-state index in [9.17, 15) is 9.90 Å². The molecule has 0 saturated heterocycles. The van der Waals surface area contributed by atoms with Crippen LogP contribution < -0.4 is 10.1 Å². The lowest BCUT2D eigenvalue weighted by Gasteiger charge is -2.13. The molecule has 3 aromatic rings. The fraction of sp³-hybridized carbons (Fsp3) is 0.286. The number of anilines is 1. The monoisotopic (exact) mass is 397 g/mol. The zero-order valence-electron chi connectivity index (χ0n) is 15.7. The van der Waals surface area contributed by atoms with E-state index in [1.807, 2.05) is 54.9 Å². The molecule has 146 valence electrons. The Labute approximate surface area is 168 Å². The number of benzene rings is 1. The van der Waals surface area contributed by atoms with Crippen LogP contribution in [-0.2, 0) is 17.6 Å². The number of thiazole rings is 1. The molecule has 7 heteroatoms. The van der Waals surface area contributed by atoms with E-state index >= 15 is 0 Å². The van der Waals surface area contributed by atoms with Gasteiger partial charge >= 0.3 is 5.97 Å². The summed E-state index contributed by atoms with van der Waals surface area (Å²) in [5.74, 6) is 0.710. The summed E-state index contributed by atoms with van der Waals surface area (Å²) in [6.45, 7) is 0.542. The maximum absolute atomic E-state index is 11.2. The summed E-state index contributed by atoms with van der Waals surface area (Å²) in [4.78, 5) is 19.9. The van der Waals surface area contributed by atoms with Crippen LogP contribution in [0.5, 0.6) is 5.75 Å². The van der Waals surface area contributed by atoms with Gasteiger partial charge in [-0.15, -0.1) is 11.3 Å². The average Bonchev–Trinajstić information content (AvgIpc) is 3.23. The first-order valence-electron chi connectivity index (χ1n) is 9.10. The van der Waals surface area contributed by atoms with Crippen LogP contribution in [0.15, 0.2) is 54.0 Å². The highest BCUT2D eigenvalue weighted by atomic mass is 32.1. The van der Waals surface area contributed by atoms with Gasteiger partial charge in [-0.1, -0.05) is 18.2 Å². The van der Waals surface area contributed by atoms with Crippen LogP contribution in [0, 0.1) is 0 Å². The summed E-state index contributed by atoms with van der Waals surface area (Å²) in [5, 5.41) is 14.9. The Morgan fingerprint density at radius 3 is 2.75 bits per heavy atom. The summed E-state index contributed by atoms with van der Waals surface area (Å²) >= 11 is 1.50. The number of pyridine rings is 1. The van der Waals surface area contributed by atoms with Crippen LogP contribution in [0.4, 0.5) is 5.82 Å². The molecule has 2 heterocycles. The molecule has 3 rings (SSSR count). The number of nitrogens with zero attached hydrogens (tertiary/aromatic N) is 2. The third-order valence-corrected chi connectivity index (χ3v) is 5.26. The van der Waals surface area contributed by atoms with Crippen molar-refractivity contribution in [2.24, 2.45) is 0 Å². The smallest absolute Gasteiger partial charge is 0.304 e. The van der Waals surface area contributed by atoms with Crippen molar-refractivity contribution >= 4 is 23.1 Å². The number of carboxylic acid groups (broad SMARTS) is 1. The Bertz CT molecular complexity index is 882. The summed E-state index contributed by atoms with van der Waals surface area (Å²) in [7, 11) is 1.85. The van der Waals surface area contributed by atoms with Crippen molar-refractivity contribution in [2.45, 2.75) is 25.2 Å². The predicted molar refractivity (Wildman–Crippen MR) is 110 cm³/mol. The van der Waals surface area contributed by atoms with Crippen LogP contribution in [-0.4, -0.2) is 34.7 Å². The number of carbonyl (C=O) groups is 1. The second-order valence-electron chi connectivity index (χ2n) is 6.38. The molecule has 2 aromatic heterocycles. The Morgan fingerprint density at radius 1 is 1.25 bits per heavy atom. The summed E-state index contributed by atoms with van der Waals surface area (Å²) in [5.41, 5.74) is 2.04. The van der Waals surface area contributed by atoms with Gasteiger partial charge in [0.1, 0.15) is 11.6 Å². The number of rotatable bonds is 10. The second-order valence-corrected chi connectivity index (χ2v) is 7.30. The molecular weight excluding hydrogens is 374 g/mol. The number of aromatic nitrogens is 2. The van der Waals surface area contributed by atoms with Gasteiger partial charge in [0, 0.05) is 36.7 Å². The first-order valence-corrected chi connectivity index (χ1v) is 9.98. The fourth-order valence-electron chi connectivity index (χ4n) is 2.93. The van der Waals surface area contributed by atoms with Crippen molar-refractivity contribution in [3.05, 3.63) is 70.3 Å². The lowest BCUT2D eigenvalue weighted by atomic mass is 9.97. The van der Waals surface area contributed by atoms with Gasteiger partial charge < -0.3 is 15.2 Å². The SMILES string of the molecule is CNc1cccc(CCOc2ccc(C[C@H](CC(=O)O)c3nccs3)cc2)n1. The van der Waals surface area contributed by atoms with E-state index in [1.165, 1.54) is 11.3 Å². The number of ether oxygens (including phenoxy) is 1. The highest BCUT2D eigenvalue weighted by molar-refractivity contribution is 7.09. The van der Waals surface area contributed by atoms with E-state index in [4.69, 9.17) is 4.74 Å². The molecule has 0 radical (unpaired) electrons. The van der Waals surface area contributed by atoms with Gasteiger partial charge in [-0.05, 0) is 36.2 Å². The molecule has 0 bridgehead atoms. The summed E-state index contributed by atoms with van der Waals surface area (Å²) in [6, 6.07) is 13.7. The Balaban J connectivity index is 1.54. The quantitative estimate of drug-likeness (QED) is 0.538. The van der Waals surface area contributed by atoms with Gasteiger partial charge in [0.25, 0.3) is 0 Å². The largest absolute Gasteiger partial charge is 0.493 e. The molecule has 0 saturated carbocycles. The Kier molecular flexibility index (Phi) is 6.97. The third kappa shape index (κ3) is 5.79. The van der Waals surface area contributed by atoms with Gasteiger partial charge in [0.2, 0.25) is 0 Å². The molecule has 1 atom stereocenters. The van der Waals surface area contributed by atoms with Crippen LogP contribution >= 0.6 is 11.3 Å².